The smallest absolute Gasteiger partial charge is 0.181 e. The van der Waals surface area contributed by atoms with Crippen molar-refractivity contribution in [3.05, 3.63) is 35.6 Å². The van der Waals surface area contributed by atoms with E-state index in [-0.39, 0.29) is 0 Å². The third-order valence-corrected chi connectivity index (χ3v) is 2.75. The van der Waals surface area contributed by atoms with Gasteiger partial charge in [0.15, 0.2) is 5.82 Å². The molecule has 1 heterocycles. The summed E-state index contributed by atoms with van der Waals surface area (Å²) in [4.78, 5) is 4.28. The van der Waals surface area contributed by atoms with E-state index in [0.717, 1.165) is 16.4 Å². The van der Waals surface area contributed by atoms with E-state index in [9.17, 15) is 0 Å². The van der Waals surface area contributed by atoms with Gasteiger partial charge in [-0.25, -0.2) is 9.67 Å². The zero-order valence-electron chi connectivity index (χ0n) is 8.10. The fourth-order valence-electron chi connectivity index (χ4n) is 1.55. The van der Waals surface area contributed by atoms with E-state index < -0.39 is 0 Å². The SMILES string of the molecule is Clc1cccc(-c2ncn(C3CC3)n2)c1. The van der Waals surface area contributed by atoms with E-state index in [0.29, 0.717) is 6.04 Å². The molecule has 2 aromatic rings. The summed E-state index contributed by atoms with van der Waals surface area (Å²) < 4.78 is 1.94. The van der Waals surface area contributed by atoms with Gasteiger partial charge in [-0.05, 0) is 25.0 Å². The summed E-state index contributed by atoms with van der Waals surface area (Å²) >= 11 is 5.91. The molecule has 1 saturated carbocycles. The van der Waals surface area contributed by atoms with Crippen LogP contribution in [0.25, 0.3) is 11.4 Å². The number of hydrogen-bond acceptors (Lipinski definition) is 2. The number of aromatic nitrogens is 3. The molecule has 0 unspecified atom stereocenters. The van der Waals surface area contributed by atoms with Gasteiger partial charge in [-0.3, -0.25) is 0 Å². The fourth-order valence-corrected chi connectivity index (χ4v) is 1.74. The molecule has 1 aliphatic carbocycles. The molecule has 15 heavy (non-hydrogen) atoms. The summed E-state index contributed by atoms with van der Waals surface area (Å²) in [5.74, 6) is 0.754. The Labute approximate surface area is 92.7 Å². The second-order valence-corrected chi connectivity index (χ2v) is 4.23. The predicted octanol–water partition coefficient (Wildman–Crippen LogP) is 2.93. The van der Waals surface area contributed by atoms with E-state index >= 15 is 0 Å². The summed E-state index contributed by atoms with van der Waals surface area (Å²) in [6.07, 6.45) is 4.24. The second kappa shape index (κ2) is 3.35. The Hall–Kier alpha value is -1.35. The molecule has 0 atom stereocenters. The Morgan fingerprint density at radius 2 is 2.20 bits per heavy atom. The molecule has 4 heteroatoms. The Kier molecular flexibility index (Phi) is 1.99. The van der Waals surface area contributed by atoms with Crippen molar-refractivity contribution in [3.8, 4) is 11.4 Å². The molecule has 0 aliphatic heterocycles. The van der Waals surface area contributed by atoms with Crippen LogP contribution in [-0.4, -0.2) is 14.8 Å². The van der Waals surface area contributed by atoms with Gasteiger partial charge < -0.3 is 0 Å². The van der Waals surface area contributed by atoms with Crippen LogP contribution in [0.5, 0.6) is 0 Å². The maximum Gasteiger partial charge on any atom is 0.181 e. The van der Waals surface area contributed by atoms with Crippen molar-refractivity contribution in [2.75, 3.05) is 0 Å². The molecule has 0 N–H and O–H groups in total. The summed E-state index contributed by atoms with van der Waals surface area (Å²) in [5.41, 5.74) is 0.974. The van der Waals surface area contributed by atoms with Crippen LogP contribution in [0, 0.1) is 0 Å². The van der Waals surface area contributed by atoms with Crippen LogP contribution in [-0.2, 0) is 0 Å². The monoisotopic (exact) mass is 219 g/mol. The van der Waals surface area contributed by atoms with Gasteiger partial charge in [-0.2, -0.15) is 5.10 Å². The van der Waals surface area contributed by atoms with Gasteiger partial charge in [0, 0.05) is 10.6 Å². The van der Waals surface area contributed by atoms with Crippen molar-refractivity contribution >= 4 is 11.6 Å². The Balaban J connectivity index is 1.97. The first-order chi connectivity index (χ1) is 7.33. The van der Waals surface area contributed by atoms with E-state index in [1.807, 2.05) is 28.9 Å². The van der Waals surface area contributed by atoms with Crippen LogP contribution >= 0.6 is 11.6 Å². The molecule has 0 radical (unpaired) electrons. The summed E-state index contributed by atoms with van der Waals surface area (Å²) in [6.45, 7) is 0. The maximum atomic E-state index is 5.91. The maximum absolute atomic E-state index is 5.91. The van der Waals surface area contributed by atoms with Crippen molar-refractivity contribution in [2.24, 2.45) is 0 Å². The molecule has 3 nitrogen and oxygen atoms in total. The highest BCUT2D eigenvalue weighted by atomic mass is 35.5. The normalized spacial score (nSPS) is 15.5. The Bertz CT molecular complexity index is 488. The molecular weight excluding hydrogens is 210 g/mol. The minimum atomic E-state index is 0.574. The first-order valence-electron chi connectivity index (χ1n) is 5.00. The lowest BCUT2D eigenvalue weighted by Gasteiger charge is -1.96. The average Bonchev–Trinajstić information content (AvgIpc) is 2.97. The van der Waals surface area contributed by atoms with E-state index in [2.05, 4.69) is 10.1 Å². The van der Waals surface area contributed by atoms with Crippen molar-refractivity contribution in [1.82, 2.24) is 14.8 Å². The fraction of sp³-hybridized carbons (Fsp3) is 0.273. The highest BCUT2D eigenvalue weighted by molar-refractivity contribution is 6.30. The largest absolute Gasteiger partial charge is 0.249 e. The number of halogens is 1. The van der Waals surface area contributed by atoms with E-state index in [1.54, 1.807) is 6.33 Å². The third-order valence-electron chi connectivity index (χ3n) is 2.51. The zero-order valence-corrected chi connectivity index (χ0v) is 8.85. The van der Waals surface area contributed by atoms with Gasteiger partial charge in [0.2, 0.25) is 0 Å². The molecular formula is C11H10ClN3. The summed E-state index contributed by atoms with van der Waals surface area (Å²) in [5, 5.41) is 5.15. The first-order valence-corrected chi connectivity index (χ1v) is 5.38. The molecule has 1 aromatic heterocycles. The van der Waals surface area contributed by atoms with Gasteiger partial charge in [0.1, 0.15) is 6.33 Å². The van der Waals surface area contributed by atoms with Gasteiger partial charge in [0.25, 0.3) is 0 Å². The first kappa shape index (κ1) is 8.92. The molecule has 0 saturated heterocycles. The van der Waals surface area contributed by atoms with Crippen LogP contribution in [0.15, 0.2) is 30.6 Å². The minimum absolute atomic E-state index is 0.574. The van der Waals surface area contributed by atoms with Gasteiger partial charge in [-0.15, -0.1) is 0 Å². The van der Waals surface area contributed by atoms with Gasteiger partial charge in [-0.1, -0.05) is 23.7 Å². The third kappa shape index (κ3) is 1.75. The topological polar surface area (TPSA) is 30.7 Å². The van der Waals surface area contributed by atoms with Crippen LogP contribution in [0.3, 0.4) is 0 Å². The number of benzene rings is 1. The van der Waals surface area contributed by atoms with E-state index in [4.69, 9.17) is 11.6 Å². The van der Waals surface area contributed by atoms with Crippen molar-refractivity contribution in [1.29, 1.82) is 0 Å². The molecule has 3 rings (SSSR count). The quantitative estimate of drug-likeness (QED) is 0.778. The molecule has 0 spiro atoms. The Morgan fingerprint density at radius 1 is 1.33 bits per heavy atom. The van der Waals surface area contributed by atoms with Crippen molar-refractivity contribution < 1.29 is 0 Å². The lowest BCUT2D eigenvalue weighted by molar-refractivity contribution is 0.641. The zero-order chi connectivity index (χ0) is 10.3. The van der Waals surface area contributed by atoms with Crippen LogP contribution in [0.2, 0.25) is 5.02 Å². The lowest BCUT2D eigenvalue weighted by atomic mass is 10.2. The average molecular weight is 220 g/mol. The van der Waals surface area contributed by atoms with Gasteiger partial charge in [0.05, 0.1) is 6.04 Å². The highest BCUT2D eigenvalue weighted by Crippen LogP contribution is 2.34. The number of nitrogens with zero attached hydrogens (tertiary/aromatic N) is 3. The van der Waals surface area contributed by atoms with Crippen LogP contribution in [0.4, 0.5) is 0 Å². The van der Waals surface area contributed by atoms with Crippen molar-refractivity contribution in [2.45, 2.75) is 18.9 Å². The standard InChI is InChI=1S/C11H10ClN3/c12-9-3-1-2-8(6-9)11-13-7-15(14-11)10-4-5-10/h1-3,6-7,10H,4-5H2. The minimum Gasteiger partial charge on any atom is -0.249 e. The molecule has 1 aliphatic rings. The van der Waals surface area contributed by atoms with Crippen LogP contribution in [0.1, 0.15) is 18.9 Å². The number of rotatable bonds is 2. The number of hydrogen-bond donors (Lipinski definition) is 0. The summed E-state index contributed by atoms with van der Waals surface area (Å²) in [6, 6.07) is 8.19. The van der Waals surface area contributed by atoms with Crippen molar-refractivity contribution in [3.63, 3.8) is 0 Å². The highest BCUT2D eigenvalue weighted by Gasteiger charge is 2.24. The molecule has 1 fully saturated rings. The molecule has 0 bridgehead atoms. The molecule has 1 aromatic carbocycles. The summed E-state index contributed by atoms with van der Waals surface area (Å²) in [7, 11) is 0. The lowest BCUT2D eigenvalue weighted by Crippen LogP contribution is -1.93. The Morgan fingerprint density at radius 3 is 2.93 bits per heavy atom. The van der Waals surface area contributed by atoms with Crippen LogP contribution < -0.4 is 0 Å². The predicted molar refractivity (Wildman–Crippen MR) is 58.7 cm³/mol. The van der Waals surface area contributed by atoms with E-state index in [1.165, 1.54) is 12.8 Å². The van der Waals surface area contributed by atoms with Gasteiger partial charge >= 0.3 is 0 Å². The molecule has 0 amide bonds. The molecule has 76 valence electrons. The second-order valence-electron chi connectivity index (χ2n) is 3.79.